The molecule has 4 N–H and O–H groups in total. The number of aryl methyl sites for hydroxylation is 1. The van der Waals surface area contributed by atoms with Crippen molar-refractivity contribution in [2.45, 2.75) is 19.4 Å². The molecule has 0 aliphatic heterocycles. The molecule has 0 radical (unpaired) electrons. The van der Waals surface area contributed by atoms with Crippen molar-refractivity contribution in [1.29, 1.82) is 0 Å². The Morgan fingerprint density at radius 1 is 1.56 bits per heavy atom. The van der Waals surface area contributed by atoms with Crippen molar-refractivity contribution >= 4 is 17.0 Å². The quantitative estimate of drug-likeness (QED) is 0.477. The lowest BCUT2D eigenvalue weighted by Crippen LogP contribution is -2.35. The first kappa shape index (κ1) is 12.5. The number of hydrogen-bond donors (Lipinski definition) is 2. The average Bonchev–Trinajstić information content (AvgIpc) is 2.67. The second-order valence-electron chi connectivity index (χ2n) is 4.28. The number of oxazole rings is 1. The summed E-state index contributed by atoms with van der Waals surface area (Å²) in [5, 5.41) is 1.04. The molecule has 1 aromatic heterocycles. The standard InChI is InChI=1S/C12H16N4O2/c1-7-15-10-4-3-8(5-11(10)18-7)9(13)6-12(17)16(2)14/h3-5,9H,6,13-14H2,1-2H3. The van der Waals surface area contributed by atoms with Gasteiger partial charge in [-0.1, -0.05) is 6.07 Å². The molecule has 0 aliphatic carbocycles. The molecule has 0 aliphatic rings. The first-order chi connectivity index (χ1) is 8.47. The number of nitrogens with two attached hydrogens (primary N) is 2. The molecule has 96 valence electrons. The number of hydrazine groups is 1. The van der Waals surface area contributed by atoms with Crippen molar-refractivity contribution in [2.24, 2.45) is 11.6 Å². The fourth-order valence-electron chi connectivity index (χ4n) is 1.74. The number of carbonyl (C=O) groups is 1. The molecule has 2 rings (SSSR count). The third-order valence-corrected chi connectivity index (χ3v) is 2.74. The molecule has 1 amide bonds. The number of carbonyl (C=O) groups excluding carboxylic acids is 1. The smallest absolute Gasteiger partial charge is 0.238 e. The van der Waals surface area contributed by atoms with E-state index in [1.807, 2.05) is 18.2 Å². The van der Waals surface area contributed by atoms with Gasteiger partial charge in [0.25, 0.3) is 0 Å². The minimum atomic E-state index is -0.404. The lowest BCUT2D eigenvalue weighted by molar-refractivity contribution is -0.130. The van der Waals surface area contributed by atoms with Gasteiger partial charge < -0.3 is 10.2 Å². The van der Waals surface area contributed by atoms with Gasteiger partial charge in [0, 0.05) is 26.4 Å². The number of rotatable bonds is 3. The molecule has 18 heavy (non-hydrogen) atoms. The largest absolute Gasteiger partial charge is 0.441 e. The summed E-state index contributed by atoms with van der Waals surface area (Å²) >= 11 is 0. The highest BCUT2D eigenvalue weighted by Crippen LogP contribution is 2.21. The Morgan fingerprint density at radius 2 is 2.28 bits per heavy atom. The Kier molecular flexibility index (Phi) is 3.31. The Hall–Kier alpha value is -1.92. The van der Waals surface area contributed by atoms with Crippen LogP contribution in [0, 0.1) is 6.92 Å². The fraction of sp³-hybridized carbons (Fsp3) is 0.333. The first-order valence-electron chi connectivity index (χ1n) is 5.61. The minimum Gasteiger partial charge on any atom is -0.441 e. The molecule has 1 unspecified atom stereocenters. The van der Waals surface area contributed by atoms with Gasteiger partial charge in [0.2, 0.25) is 5.91 Å². The predicted octanol–water partition coefficient (Wildman–Crippen LogP) is 0.858. The van der Waals surface area contributed by atoms with Gasteiger partial charge in [0.05, 0.1) is 0 Å². The Labute approximate surface area is 105 Å². The maximum Gasteiger partial charge on any atom is 0.238 e. The molecular weight excluding hydrogens is 232 g/mol. The van der Waals surface area contributed by atoms with E-state index >= 15 is 0 Å². The predicted molar refractivity (Wildman–Crippen MR) is 67.2 cm³/mol. The summed E-state index contributed by atoms with van der Waals surface area (Å²) in [5.41, 5.74) is 8.25. The van der Waals surface area contributed by atoms with Crippen LogP contribution >= 0.6 is 0 Å². The molecule has 0 saturated heterocycles. The van der Waals surface area contributed by atoms with Gasteiger partial charge in [-0.15, -0.1) is 0 Å². The number of hydrogen-bond acceptors (Lipinski definition) is 5. The lowest BCUT2D eigenvalue weighted by atomic mass is 10.0. The minimum absolute atomic E-state index is 0.158. The van der Waals surface area contributed by atoms with E-state index < -0.39 is 6.04 Å². The van der Waals surface area contributed by atoms with E-state index in [0.717, 1.165) is 16.1 Å². The van der Waals surface area contributed by atoms with Gasteiger partial charge in [-0.2, -0.15) is 0 Å². The number of aromatic nitrogens is 1. The second-order valence-corrected chi connectivity index (χ2v) is 4.28. The third kappa shape index (κ3) is 2.49. The van der Waals surface area contributed by atoms with Crippen LogP contribution in [-0.2, 0) is 4.79 Å². The van der Waals surface area contributed by atoms with Crippen molar-refractivity contribution in [1.82, 2.24) is 9.99 Å². The molecule has 6 nitrogen and oxygen atoms in total. The zero-order valence-electron chi connectivity index (χ0n) is 10.4. The van der Waals surface area contributed by atoms with Crippen molar-refractivity contribution in [2.75, 3.05) is 7.05 Å². The molecule has 1 aromatic carbocycles. The SMILES string of the molecule is Cc1nc2ccc(C(N)CC(=O)N(C)N)cc2o1. The third-order valence-electron chi connectivity index (χ3n) is 2.74. The molecular formula is C12H16N4O2. The van der Waals surface area contributed by atoms with Gasteiger partial charge in [-0.3, -0.25) is 9.80 Å². The van der Waals surface area contributed by atoms with Gasteiger partial charge in [-0.25, -0.2) is 10.8 Å². The Balaban J connectivity index is 2.22. The van der Waals surface area contributed by atoms with Crippen molar-refractivity contribution in [3.63, 3.8) is 0 Å². The number of benzene rings is 1. The van der Waals surface area contributed by atoms with Crippen LogP contribution in [-0.4, -0.2) is 22.9 Å². The first-order valence-corrected chi connectivity index (χ1v) is 5.61. The molecule has 1 atom stereocenters. The number of amides is 1. The van der Waals surface area contributed by atoms with Crippen molar-refractivity contribution in [3.05, 3.63) is 29.7 Å². The maximum absolute atomic E-state index is 11.5. The van der Waals surface area contributed by atoms with Gasteiger partial charge >= 0.3 is 0 Å². The summed E-state index contributed by atoms with van der Waals surface area (Å²) in [7, 11) is 1.50. The van der Waals surface area contributed by atoms with E-state index in [0.29, 0.717) is 11.5 Å². The van der Waals surface area contributed by atoms with E-state index in [-0.39, 0.29) is 12.3 Å². The molecule has 0 fully saturated rings. The van der Waals surface area contributed by atoms with Crippen LogP contribution in [0.3, 0.4) is 0 Å². The number of nitrogens with zero attached hydrogens (tertiary/aromatic N) is 2. The van der Waals surface area contributed by atoms with Gasteiger partial charge in [0.15, 0.2) is 11.5 Å². The van der Waals surface area contributed by atoms with Gasteiger partial charge in [0.1, 0.15) is 5.52 Å². The van der Waals surface area contributed by atoms with Crippen LogP contribution in [0.4, 0.5) is 0 Å². The number of fused-ring (bicyclic) bond motifs is 1. The summed E-state index contributed by atoms with van der Waals surface area (Å²) in [6, 6.07) is 5.08. The van der Waals surface area contributed by atoms with E-state index in [4.69, 9.17) is 16.0 Å². The zero-order valence-corrected chi connectivity index (χ0v) is 10.4. The summed E-state index contributed by atoms with van der Waals surface area (Å²) in [5.74, 6) is 5.75. The molecule has 6 heteroatoms. The Bertz CT molecular complexity index is 576. The molecule has 1 heterocycles. The maximum atomic E-state index is 11.5. The second kappa shape index (κ2) is 4.75. The molecule has 2 aromatic rings. The molecule has 0 spiro atoms. The van der Waals surface area contributed by atoms with E-state index in [1.165, 1.54) is 7.05 Å². The lowest BCUT2D eigenvalue weighted by Gasteiger charge is -2.14. The van der Waals surface area contributed by atoms with Crippen LogP contribution < -0.4 is 11.6 Å². The monoisotopic (exact) mass is 248 g/mol. The highest BCUT2D eigenvalue weighted by molar-refractivity contribution is 5.77. The summed E-state index contributed by atoms with van der Waals surface area (Å²) in [6.07, 6.45) is 0.158. The Morgan fingerprint density at radius 3 is 2.94 bits per heavy atom. The van der Waals surface area contributed by atoms with E-state index in [1.54, 1.807) is 6.92 Å². The van der Waals surface area contributed by atoms with Crippen molar-refractivity contribution < 1.29 is 9.21 Å². The van der Waals surface area contributed by atoms with Crippen LogP contribution in [0.2, 0.25) is 0 Å². The van der Waals surface area contributed by atoms with E-state index in [2.05, 4.69) is 4.98 Å². The van der Waals surface area contributed by atoms with Crippen molar-refractivity contribution in [3.8, 4) is 0 Å². The average molecular weight is 248 g/mol. The van der Waals surface area contributed by atoms with Crippen LogP contribution in [0.25, 0.3) is 11.1 Å². The van der Waals surface area contributed by atoms with E-state index in [9.17, 15) is 4.79 Å². The highest BCUT2D eigenvalue weighted by Gasteiger charge is 2.14. The van der Waals surface area contributed by atoms with Crippen LogP contribution in [0.1, 0.15) is 23.9 Å². The highest BCUT2D eigenvalue weighted by atomic mass is 16.3. The summed E-state index contributed by atoms with van der Waals surface area (Å²) in [6.45, 7) is 1.78. The topological polar surface area (TPSA) is 98.4 Å². The summed E-state index contributed by atoms with van der Waals surface area (Å²) in [4.78, 5) is 15.7. The normalized spacial score (nSPS) is 12.7. The van der Waals surface area contributed by atoms with Gasteiger partial charge in [-0.05, 0) is 17.7 Å². The fourth-order valence-corrected chi connectivity index (χ4v) is 1.74. The molecule has 0 saturated carbocycles. The zero-order chi connectivity index (χ0) is 13.3. The van der Waals surface area contributed by atoms with Crippen LogP contribution in [0.5, 0.6) is 0 Å². The molecule has 0 bridgehead atoms. The van der Waals surface area contributed by atoms with Crippen LogP contribution in [0.15, 0.2) is 22.6 Å². The summed E-state index contributed by atoms with van der Waals surface area (Å²) < 4.78 is 5.42.